The number of hydrogen-bond donors (Lipinski definition) is 0. The Hall–Kier alpha value is -4.19. The van der Waals surface area contributed by atoms with Crippen molar-refractivity contribution in [2.75, 3.05) is 0 Å². The van der Waals surface area contributed by atoms with Crippen LogP contribution in [-0.4, -0.2) is 13.9 Å². The van der Waals surface area contributed by atoms with Gasteiger partial charge in [0.1, 0.15) is 8.07 Å². The van der Waals surface area contributed by atoms with E-state index in [9.17, 15) is 0 Å². The molecule has 0 aliphatic heterocycles. The largest absolute Gasteiger partial charge is 0.289 e. The molecule has 2 unspecified atom stereocenters. The van der Waals surface area contributed by atoms with Gasteiger partial charge in [-0.2, -0.15) is 0 Å². The van der Waals surface area contributed by atoms with E-state index < -0.39 is 8.07 Å². The molecule has 0 saturated heterocycles. The lowest BCUT2D eigenvalue weighted by Crippen LogP contribution is -2.16. The Balaban J connectivity index is 1.41. The predicted molar refractivity (Wildman–Crippen MR) is 376 cm³/mol. The molecule has 462 valence electrons. The SMILES string of the molecule is CCCCCCCCCCCCC(CCCCCCCCCC)Cc1ccc(C2=C(c3ccccc3)C(c3cccc(C#C[Si](C)(C)C)c3)=C(c3ccc(CC(CCCCCCCCCC)CCCCCCCCCCCC)cc3)C2=O)cc1. The molecule has 84 heavy (non-hydrogen) atoms. The first-order valence-electron chi connectivity index (χ1n) is 36.1. The van der Waals surface area contributed by atoms with Gasteiger partial charge < -0.3 is 0 Å². The fraction of sp³-hybridized carbons (Fsp3) is 0.622. The first kappa shape index (κ1) is 70.6. The molecule has 1 aliphatic carbocycles. The van der Waals surface area contributed by atoms with Gasteiger partial charge in [0.25, 0.3) is 0 Å². The topological polar surface area (TPSA) is 17.1 Å². The van der Waals surface area contributed by atoms with E-state index in [-0.39, 0.29) is 5.78 Å². The van der Waals surface area contributed by atoms with Crippen molar-refractivity contribution in [2.24, 2.45) is 11.8 Å². The van der Waals surface area contributed by atoms with Crippen LogP contribution in [0.1, 0.15) is 323 Å². The van der Waals surface area contributed by atoms with E-state index in [4.69, 9.17) is 0 Å². The monoisotopic (exact) mass is 1150 g/mol. The van der Waals surface area contributed by atoms with Crippen molar-refractivity contribution in [1.82, 2.24) is 0 Å². The van der Waals surface area contributed by atoms with Crippen molar-refractivity contribution in [3.63, 3.8) is 0 Å². The molecular weight excluding hydrogens is 1030 g/mol. The van der Waals surface area contributed by atoms with Crippen LogP contribution in [0.4, 0.5) is 0 Å². The summed E-state index contributed by atoms with van der Waals surface area (Å²) in [7, 11) is -1.63. The fourth-order valence-corrected chi connectivity index (χ4v) is 13.8. The summed E-state index contributed by atoms with van der Waals surface area (Å²) in [6, 6.07) is 38.2. The van der Waals surface area contributed by atoms with E-state index >= 15 is 4.79 Å². The van der Waals surface area contributed by atoms with Crippen molar-refractivity contribution in [1.29, 1.82) is 0 Å². The average Bonchev–Trinajstić information content (AvgIpc) is 2.21. The maximum absolute atomic E-state index is 15.8. The van der Waals surface area contributed by atoms with Crippen LogP contribution in [0.3, 0.4) is 0 Å². The second-order valence-corrected chi connectivity index (χ2v) is 32.0. The summed E-state index contributed by atoms with van der Waals surface area (Å²) >= 11 is 0. The molecular formula is C82H124OSi. The summed E-state index contributed by atoms with van der Waals surface area (Å²) in [5, 5.41) is 0. The van der Waals surface area contributed by atoms with Gasteiger partial charge in [0, 0.05) is 27.9 Å². The van der Waals surface area contributed by atoms with Crippen molar-refractivity contribution in [3.8, 4) is 11.5 Å². The molecule has 1 nitrogen and oxygen atoms in total. The van der Waals surface area contributed by atoms with Crippen LogP contribution in [0.2, 0.25) is 19.6 Å². The van der Waals surface area contributed by atoms with Crippen LogP contribution in [-0.2, 0) is 17.6 Å². The van der Waals surface area contributed by atoms with Gasteiger partial charge in [0.2, 0.25) is 0 Å². The number of allylic oxidation sites excluding steroid dienone is 4. The van der Waals surface area contributed by atoms with Gasteiger partial charge in [0.15, 0.2) is 5.78 Å². The Morgan fingerprint density at radius 2 is 0.619 bits per heavy atom. The second kappa shape index (κ2) is 43.4. The number of unbranched alkanes of at least 4 members (excludes halogenated alkanes) is 32. The predicted octanol–water partition coefficient (Wildman–Crippen LogP) is 26.0. The second-order valence-electron chi connectivity index (χ2n) is 27.3. The van der Waals surface area contributed by atoms with Crippen LogP contribution in [0, 0.1) is 23.3 Å². The number of carbonyl (C=O) groups is 1. The zero-order valence-corrected chi connectivity index (χ0v) is 56.6. The third-order valence-corrected chi connectivity index (χ3v) is 19.3. The Kier molecular flexibility index (Phi) is 36.5. The highest BCUT2D eigenvalue weighted by Crippen LogP contribution is 2.50. The summed E-state index contributed by atoms with van der Waals surface area (Å²) in [5.41, 5.74) is 15.4. The Labute approximate surface area is 520 Å². The summed E-state index contributed by atoms with van der Waals surface area (Å²) < 4.78 is 0. The van der Waals surface area contributed by atoms with Gasteiger partial charge in [-0.15, -0.1) is 5.54 Å². The summed E-state index contributed by atoms with van der Waals surface area (Å²) in [6.45, 7) is 16.2. The standard InChI is InChI=1S/C82H124OSi/c1-8-12-16-20-24-28-30-34-38-43-50-69(48-41-36-32-26-22-18-14-10-3)66-72-56-60-75(61-57-72)80-78(74-53-45-40-46-54-74)79(77-55-47-52-71(68-77)64-65-84(5,6)7)81(82(80)83)76-62-58-73(59-63-76)67-70(49-42-37-33-27-23-19-15-11-4)51-44-39-35-31-29-25-21-17-13-9-2/h40,45-47,52-63,68-70H,8-39,41-44,48-51,66-67H2,1-7H3. The lowest BCUT2D eigenvalue weighted by Gasteiger charge is -2.18. The highest BCUT2D eigenvalue weighted by atomic mass is 28.3. The highest BCUT2D eigenvalue weighted by Gasteiger charge is 2.36. The molecule has 2 heteroatoms. The lowest BCUT2D eigenvalue weighted by molar-refractivity contribution is -0.108. The van der Waals surface area contributed by atoms with Crippen LogP contribution in [0.15, 0.2) is 103 Å². The molecule has 0 N–H and O–H groups in total. The van der Waals surface area contributed by atoms with Crippen molar-refractivity contribution < 1.29 is 4.79 Å². The minimum absolute atomic E-state index is 0.130. The lowest BCUT2D eigenvalue weighted by atomic mass is 9.87. The van der Waals surface area contributed by atoms with Crippen LogP contribution >= 0.6 is 0 Å². The van der Waals surface area contributed by atoms with Crippen LogP contribution in [0.5, 0.6) is 0 Å². The van der Waals surface area contributed by atoms with Crippen LogP contribution < -0.4 is 0 Å². The Bertz CT molecular complexity index is 2470. The first-order valence-corrected chi connectivity index (χ1v) is 39.6. The van der Waals surface area contributed by atoms with E-state index in [1.807, 2.05) is 0 Å². The number of rotatable bonds is 48. The third-order valence-electron chi connectivity index (χ3n) is 18.4. The molecule has 0 bridgehead atoms. The molecule has 4 aromatic carbocycles. The minimum atomic E-state index is -1.63. The van der Waals surface area contributed by atoms with Gasteiger partial charge in [0.05, 0.1) is 0 Å². The normalized spacial score (nSPS) is 13.5. The number of Topliss-reactive ketones (excluding diaryl/α,β-unsaturated/α-hetero) is 1. The van der Waals surface area contributed by atoms with Crippen molar-refractivity contribution in [2.45, 2.75) is 317 Å². The Morgan fingerprint density at radius 1 is 0.321 bits per heavy atom. The first-order chi connectivity index (χ1) is 41.1. The summed E-state index contributed by atoms with van der Waals surface area (Å²) in [4.78, 5) is 15.8. The van der Waals surface area contributed by atoms with Gasteiger partial charge in [-0.1, -0.05) is 401 Å². The molecule has 0 spiro atoms. The molecule has 0 amide bonds. The van der Waals surface area contributed by atoms with Crippen LogP contribution in [0.25, 0.3) is 22.3 Å². The molecule has 4 aromatic rings. The van der Waals surface area contributed by atoms with E-state index in [0.717, 1.165) is 63.0 Å². The molecule has 1 aliphatic rings. The molecule has 0 saturated carbocycles. The van der Waals surface area contributed by atoms with Gasteiger partial charge in [-0.25, -0.2) is 0 Å². The van der Waals surface area contributed by atoms with Gasteiger partial charge in [-0.3, -0.25) is 4.79 Å². The van der Waals surface area contributed by atoms with E-state index in [2.05, 4.69) is 162 Å². The minimum Gasteiger partial charge on any atom is -0.289 e. The number of carbonyl (C=O) groups excluding carboxylic acids is 1. The molecule has 0 radical (unpaired) electrons. The van der Waals surface area contributed by atoms with Gasteiger partial charge in [-0.05, 0) is 70.2 Å². The average molecular weight is 1150 g/mol. The summed E-state index contributed by atoms with van der Waals surface area (Å²) in [6.07, 6.45) is 57.3. The third kappa shape index (κ3) is 28.1. The Morgan fingerprint density at radius 3 is 0.952 bits per heavy atom. The molecule has 0 heterocycles. The molecule has 5 rings (SSSR count). The van der Waals surface area contributed by atoms with Crippen molar-refractivity contribution in [3.05, 3.63) is 142 Å². The molecule has 2 atom stereocenters. The van der Waals surface area contributed by atoms with E-state index in [0.29, 0.717) is 11.8 Å². The number of hydrogen-bond acceptors (Lipinski definition) is 1. The molecule has 0 aromatic heterocycles. The molecule has 0 fully saturated rings. The maximum atomic E-state index is 15.8. The fourth-order valence-electron chi connectivity index (χ4n) is 13.3. The maximum Gasteiger partial charge on any atom is 0.195 e. The number of ketones is 1. The summed E-state index contributed by atoms with van der Waals surface area (Å²) in [5.74, 6) is 5.11. The highest BCUT2D eigenvalue weighted by molar-refractivity contribution is 6.83. The zero-order valence-electron chi connectivity index (χ0n) is 55.6. The quantitative estimate of drug-likeness (QED) is 0.0245. The zero-order chi connectivity index (χ0) is 59.7. The van der Waals surface area contributed by atoms with E-state index in [1.54, 1.807) is 0 Å². The smallest absolute Gasteiger partial charge is 0.195 e. The van der Waals surface area contributed by atoms with E-state index in [1.165, 1.54) is 268 Å². The van der Waals surface area contributed by atoms with Gasteiger partial charge >= 0.3 is 0 Å². The number of benzene rings is 4. The van der Waals surface area contributed by atoms with Crippen molar-refractivity contribution >= 4 is 36.1 Å².